The van der Waals surface area contributed by atoms with Crippen LogP contribution in [0.15, 0.2) is 0 Å². The van der Waals surface area contributed by atoms with Gasteiger partial charge in [0.05, 0.1) is 6.07 Å². The van der Waals surface area contributed by atoms with E-state index >= 15 is 0 Å². The molecule has 0 spiro atoms. The number of methoxy groups -OCH3 is 1. The van der Waals surface area contributed by atoms with Crippen LogP contribution >= 0.6 is 0 Å². The van der Waals surface area contributed by atoms with E-state index in [9.17, 15) is 0 Å². The first kappa shape index (κ1) is 8.55. The van der Waals surface area contributed by atoms with E-state index in [1.807, 2.05) is 0 Å². The van der Waals surface area contributed by atoms with Crippen molar-refractivity contribution < 1.29 is 4.74 Å². The van der Waals surface area contributed by atoms with Gasteiger partial charge in [0.25, 0.3) is 0 Å². The number of hydrogen-bond donors (Lipinski definition) is 0. The fraction of sp³-hybridized carbons (Fsp3) is 0.889. The minimum absolute atomic E-state index is 0.322. The predicted molar refractivity (Wildman–Crippen MR) is 42.9 cm³/mol. The smallest absolute Gasteiger partial charge is 0.0655 e. The third-order valence-electron chi connectivity index (χ3n) is 2.43. The van der Waals surface area contributed by atoms with Crippen molar-refractivity contribution in [1.82, 2.24) is 0 Å². The molecule has 0 radical (unpaired) electrons. The normalized spacial score (nSPS) is 31.3. The van der Waals surface area contributed by atoms with Crippen LogP contribution in [0.5, 0.6) is 0 Å². The topological polar surface area (TPSA) is 33.0 Å². The lowest BCUT2D eigenvalue weighted by atomic mass is 9.83. The maximum atomic E-state index is 8.63. The molecule has 1 saturated carbocycles. The maximum Gasteiger partial charge on any atom is 0.0655 e. The number of nitriles is 1. The van der Waals surface area contributed by atoms with E-state index in [-0.39, 0.29) is 0 Å². The van der Waals surface area contributed by atoms with Crippen LogP contribution in [0.25, 0.3) is 0 Å². The van der Waals surface area contributed by atoms with Gasteiger partial charge in [-0.1, -0.05) is 0 Å². The second kappa shape index (κ2) is 4.35. The minimum Gasteiger partial charge on any atom is -0.384 e. The fourth-order valence-corrected chi connectivity index (χ4v) is 1.69. The Kier molecular flexibility index (Phi) is 3.38. The molecule has 2 nitrogen and oxygen atoms in total. The molecule has 11 heavy (non-hydrogen) atoms. The van der Waals surface area contributed by atoms with Crippen molar-refractivity contribution in [2.75, 3.05) is 13.7 Å². The summed E-state index contributed by atoms with van der Waals surface area (Å²) in [5.41, 5.74) is 0. The summed E-state index contributed by atoms with van der Waals surface area (Å²) in [4.78, 5) is 0. The molecule has 0 aromatic carbocycles. The lowest BCUT2D eigenvalue weighted by Crippen LogP contribution is -2.17. The minimum atomic E-state index is 0.322. The Morgan fingerprint density at radius 1 is 1.36 bits per heavy atom. The third kappa shape index (κ3) is 2.51. The van der Waals surface area contributed by atoms with Gasteiger partial charge < -0.3 is 4.74 Å². The van der Waals surface area contributed by atoms with Crippen molar-refractivity contribution in [3.63, 3.8) is 0 Å². The maximum absolute atomic E-state index is 8.63. The zero-order valence-electron chi connectivity index (χ0n) is 7.05. The molecule has 1 fully saturated rings. The van der Waals surface area contributed by atoms with Gasteiger partial charge >= 0.3 is 0 Å². The first-order valence-corrected chi connectivity index (χ1v) is 4.25. The average molecular weight is 153 g/mol. The van der Waals surface area contributed by atoms with Gasteiger partial charge in [-0.2, -0.15) is 5.26 Å². The summed E-state index contributed by atoms with van der Waals surface area (Å²) < 4.78 is 5.07. The molecule has 0 aromatic rings. The summed E-state index contributed by atoms with van der Waals surface area (Å²) >= 11 is 0. The number of rotatable bonds is 2. The Morgan fingerprint density at radius 2 is 2.00 bits per heavy atom. The molecular weight excluding hydrogens is 138 g/mol. The van der Waals surface area contributed by atoms with Gasteiger partial charge in [-0.25, -0.2) is 0 Å². The highest BCUT2D eigenvalue weighted by molar-refractivity contribution is 4.86. The van der Waals surface area contributed by atoms with Crippen molar-refractivity contribution in [2.24, 2.45) is 11.8 Å². The molecule has 62 valence electrons. The lowest BCUT2D eigenvalue weighted by molar-refractivity contribution is 0.125. The molecule has 2 heteroatoms. The Labute approximate surface area is 68.2 Å². The van der Waals surface area contributed by atoms with Crippen LogP contribution in [-0.4, -0.2) is 13.7 Å². The molecule has 0 bridgehead atoms. The van der Waals surface area contributed by atoms with Gasteiger partial charge in [0.15, 0.2) is 0 Å². The summed E-state index contributed by atoms with van der Waals surface area (Å²) in [5, 5.41) is 8.63. The number of ether oxygens (including phenoxy) is 1. The van der Waals surface area contributed by atoms with Crippen LogP contribution in [0.2, 0.25) is 0 Å². The Hall–Kier alpha value is -0.550. The SMILES string of the molecule is COCC1CCC(C#N)CC1. The first-order valence-electron chi connectivity index (χ1n) is 4.25. The molecule has 0 saturated heterocycles. The molecule has 0 unspecified atom stereocenters. The summed E-state index contributed by atoms with van der Waals surface area (Å²) in [7, 11) is 1.75. The largest absolute Gasteiger partial charge is 0.384 e. The monoisotopic (exact) mass is 153 g/mol. The molecule has 0 aliphatic heterocycles. The zero-order chi connectivity index (χ0) is 8.10. The standard InChI is InChI=1S/C9H15NO/c1-11-7-9-4-2-8(6-10)3-5-9/h8-9H,2-5,7H2,1H3. The molecule has 1 aliphatic rings. The van der Waals surface area contributed by atoms with Crippen LogP contribution in [0.4, 0.5) is 0 Å². The Morgan fingerprint density at radius 3 is 2.45 bits per heavy atom. The van der Waals surface area contributed by atoms with Crippen LogP contribution < -0.4 is 0 Å². The van der Waals surface area contributed by atoms with Crippen LogP contribution in [0, 0.1) is 23.2 Å². The molecule has 0 heterocycles. The van der Waals surface area contributed by atoms with E-state index in [1.165, 1.54) is 12.8 Å². The highest BCUT2D eigenvalue weighted by Crippen LogP contribution is 2.27. The van der Waals surface area contributed by atoms with E-state index in [2.05, 4.69) is 6.07 Å². The van der Waals surface area contributed by atoms with Gasteiger partial charge in [0.1, 0.15) is 0 Å². The van der Waals surface area contributed by atoms with Gasteiger partial charge in [-0.15, -0.1) is 0 Å². The molecule has 1 rings (SSSR count). The highest BCUT2D eigenvalue weighted by atomic mass is 16.5. The zero-order valence-corrected chi connectivity index (χ0v) is 7.05. The lowest BCUT2D eigenvalue weighted by Gasteiger charge is -2.23. The number of nitrogens with zero attached hydrogens (tertiary/aromatic N) is 1. The average Bonchev–Trinajstić information content (AvgIpc) is 2.07. The van der Waals surface area contributed by atoms with Crippen molar-refractivity contribution in [2.45, 2.75) is 25.7 Å². The summed E-state index contributed by atoms with van der Waals surface area (Å²) in [6.07, 6.45) is 4.49. The van der Waals surface area contributed by atoms with Gasteiger partial charge in [0, 0.05) is 19.6 Å². The molecule has 1 aliphatic carbocycles. The van der Waals surface area contributed by atoms with Crippen molar-refractivity contribution >= 4 is 0 Å². The van der Waals surface area contributed by atoms with E-state index in [4.69, 9.17) is 10.00 Å². The quantitative estimate of drug-likeness (QED) is 0.607. The van der Waals surface area contributed by atoms with Crippen molar-refractivity contribution in [1.29, 1.82) is 5.26 Å². The van der Waals surface area contributed by atoms with E-state index < -0.39 is 0 Å². The summed E-state index contributed by atoms with van der Waals surface area (Å²) in [6, 6.07) is 2.33. The fourth-order valence-electron chi connectivity index (χ4n) is 1.69. The van der Waals surface area contributed by atoms with E-state index in [1.54, 1.807) is 7.11 Å². The first-order chi connectivity index (χ1) is 5.36. The molecule has 0 N–H and O–H groups in total. The van der Waals surface area contributed by atoms with Crippen LogP contribution in [0.1, 0.15) is 25.7 Å². The van der Waals surface area contributed by atoms with Crippen molar-refractivity contribution in [3.8, 4) is 6.07 Å². The Bertz CT molecular complexity index is 142. The molecule has 0 atom stereocenters. The summed E-state index contributed by atoms with van der Waals surface area (Å²) in [5.74, 6) is 1.03. The van der Waals surface area contributed by atoms with Gasteiger partial charge in [-0.05, 0) is 31.6 Å². The third-order valence-corrected chi connectivity index (χ3v) is 2.43. The molecular formula is C9H15NO. The second-order valence-corrected chi connectivity index (χ2v) is 3.30. The van der Waals surface area contributed by atoms with Crippen LogP contribution in [0.3, 0.4) is 0 Å². The van der Waals surface area contributed by atoms with E-state index in [0.29, 0.717) is 11.8 Å². The van der Waals surface area contributed by atoms with Crippen LogP contribution in [-0.2, 0) is 4.74 Å². The second-order valence-electron chi connectivity index (χ2n) is 3.30. The van der Waals surface area contributed by atoms with Gasteiger partial charge in [-0.3, -0.25) is 0 Å². The summed E-state index contributed by atoms with van der Waals surface area (Å²) in [6.45, 7) is 0.873. The van der Waals surface area contributed by atoms with Gasteiger partial charge in [0.2, 0.25) is 0 Å². The predicted octanol–water partition coefficient (Wildman–Crippen LogP) is 1.96. The molecule has 0 aromatic heterocycles. The number of hydrogen-bond acceptors (Lipinski definition) is 2. The Balaban J connectivity index is 2.20. The molecule has 0 amide bonds. The van der Waals surface area contributed by atoms with Crippen molar-refractivity contribution in [3.05, 3.63) is 0 Å². The van der Waals surface area contributed by atoms with E-state index in [0.717, 1.165) is 19.4 Å². The highest BCUT2D eigenvalue weighted by Gasteiger charge is 2.20.